The fourth-order valence-electron chi connectivity index (χ4n) is 5.99. The second-order valence-corrected chi connectivity index (χ2v) is 15.0. The minimum atomic E-state index is -2.52. The molecule has 8 aromatic rings. The molecule has 0 unspecified atom stereocenters. The van der Waals surface area contributed by atoms with E-state index in [9.17, 15) is 36.0 Å². The molecule has 63 heavy (non-hydrogen) atoms. The van der Waals surface area contributed by atoms with Crippen LogP contribution in [0.3, 0.4) is 0 Å². The van der Waals surface area contributed by atoms with Crippen LogP contribution in [0.1, 0.15) is 41.4 Å². The number of hydrogen-bond acceptors (Lipinski definition) is 14. The summed E-state index contributed by atoms with van der Waals surface area (Å²) in [5.41, 5.74) is 1.40. The second-order valence-electron chi connectivity index (χ2n) is 13.1. The summed E-state index contributed by atoms with van der Waals surface area (Å²) in [4.78, 5) is 49.7. The zero-order chi connectivity index (χ0) is 43.6. The van der Waals surface area contributed by atoms with Gasteiger partial charge in [0, 0.05) is 10.8 Å². The quantitative estimate of drug-likeness (QED) is 0.0551. The van der Waals surface area contributed by atoms with Crippen molar-refractivity contribution in [1.29, 1.82) is 0 Å². The minimum Gasteiger partial charge on any atom is -0.423 e. The Morgan fingerprint density at radius 3 is 0.905 bits per heavy atom. The van der Waals surface area contributed by atoms with Crippen molar-refractivity contribution in [2.24, 2.45) is 0 Å². The fourth-order valence-corrected chi connectivity index (χ4v) is 6.84. The van der Waals surface area contributed by atoms with E-state index < -0.39 is 45.3 Å². The molecule has 8 aromatic carbocycles. The Bertz CT molecular complexity index is 2890. The van der Waals surface area contributed by atoms with E-state index in [1.54, 1.807) is 146 Å². The summed E-state index contributed by atoms with van der Waals surface area (Å²) >= 11 is 0. The van der Waals surface area contributed by atoms with Crippen molar-refractivity contribution in [3.05, 3.63) is 204 Å². The molecule has 0 aliphatic rings. The molecule has 0 atom stereocenters. The predicted molar refractivity (Wildman–Crippen MR) is 228 cm³/mol. The Morgan fingerprint density at radius 2 is 0.619 bits per heavy atom. The van der Waals surface area contributed by atoms with Gasteiger partial charge in [-0.15, -0.1) is 0 Å². The Morgan fingerprint density at radius 1 is 0.333 bits per heavy atom. The molecule has 0 bridgehead atoms. The van der Waals surface area contributed by atoms with Crippen molar-refractivity contribution in [3.8, 4) is 23.0 Å². The first-order valence-electron chi connectivity index (χ1n) is 18.5. The summed E-state index contributed by atoms with van der Waals surface area (Å²) in [6.07, 6.45) is 0. The van der Waals surface area contributed by atoms with E-state index in [0.29, 0.717) is 43.8 Å². The van der Waals surface area contributed by atoms with Crippen LogP contribution >= 0.6 is 0 Å². The van der Waals surface area contributed by atoms with Crippen LogP contribution in [0.25, 0.3) is 21.5 Å². The van der Waals surface area contributed by atoms with Crippen LogP contribution in [0.5, 0.6) is 23.0 Å². The third-order valence-electron chi connectivity index (χ3n) is 8.97. The Balaban J connectivity index is 0.000000206. The number of ether oxygens (including phenoxy) is 4. The van der Waals surface area contributed by atoms with Crippen LogP contribution in [-0.4, -0.2) is 23.9 Å². The third-order valence-corrected chi connectivity index (χ3v) is 10.2. The second kappa shape index (κ2) is 20.9. The summed E-state index contributed by atoms with van der Waals surface area (Å²) in [7, 11) is -5.04. The monoisotopic (exact) mass is 920 g/mol. The summed E-state index contributed by atoms with van der Waals surface area (Å²) in [5, 5.41) is 1.88. The van der Waals surface area contributed by atoms with Gasteiger partial charge in [0.25, 0.3) is 0 Å². The number of rotatable bonds is 10. The van der Waals surface area contributed by atoms with Crippen molar-refractivity contribution < 1.29 is 71.5 Å². The van der Waals surface area contributed by atoms with E-state index >= 15 is 0 Å². The Kier molecular flexibility index (Phi) is 14.9. The maximum Gasteiger partial charge on any atom is 2.00 e. The van der Waals surface area contributed by atoms with Gasteiger partial charge in [-0.2, -0.15) is 0 Å². The molecule has 12 nitrogen and oxygen atoms in total. The first kappa shape index (κ1) is 45.1. The van der Waals surface area contributed by atoms with Crippen molar-refractivity contribution >= 4 is 66.8 Å². The first-order chi connectivity index (χ1) is 30.0. The minimum absolute atomic E-state index is 0. The van der Waals surface area contributed by atoms with Crippen LogP contribution in [0, 0.1) is 0 Å². The van der Waals surface area contributed by atoms with Gasteiger partial charge in [0.2, 0.25) is 0 Å². The molecule has 0 aromatic heterocycles. The van der Waals surface area contributed by atoms with E-state index in [2.05, 4.69) is 0 Å². The maximum absolute atomic E-state index is 12.5. The fraction of sp³-hybridized carbons (Fsp3) is 0. The number of carbonyl (C=O) groups is 4. The number of benzene rings is 8. The molecule has 0 radical (unpaired) electrons. The number of carbonyl (C=O) groups excluding carboxylic acids is 4. The van der Waals surface area contributed by atoms with Crippen LogP contribution in [0.15, 0.2) is 192 Å². The van der Waals surface area contributed by atoms with E-state index in [1.807, 2.05) is 0 Å². The Labute approximate surface area is 373 Å². The van der Waals surface area contributed by atoms with Gasteiger partial charge >= 0.3 is 40.4 Å². The van der Waals surface area contributed by atoms with Crippen LogP contribution in [-0.2, 0) is 54.7 Å². The number of hydrogen-bond donors (Lipinski definition) is 0. The van der Waals surface area contributed by atoms with Gasteiger partial charge in [0.05, 0.1) is 22.3 Å². The third kappa shape index (κ3) is 11.5. The standard InChI is InChI=1S/2C24H15O6S.Ni/c2*25-23(16-7-3-1-4-8-16)29-19-12-11-18-13-20(31(27)28)15-22(21(18)14-19)30-24(26)17-9-5-2-6-10-17;/h2*1-15H;/q2*-1;+2. The summed E-state index contributed by atoms with van der Waals surface area (Å²) in [6.45, 7) is 0. The van der Waals surface area contributed by atoms with Crippen molar-refractivity contribution in [2.75, 3.05) is 0 Å². The SMILES string of the molecule is O=C(Oc1ccc2cc([S-](=O)=O)cc(OC(=O)c3ccccc3)c2c1)c1ccccc1.O=C(Oc1ccc2cc([S-](=O)=O)cc(OC(=O)c3ccccc3)c2c1)c1ccccc1.[Ni+2]. The van der Waals surface area contributed by atoms with E-state index in [0.717, 1.165) is 0 Å². The summed E-state index contributed by atoms with van der Waals surface area (Å²) in [6, 6.07) is 48.4. The maximum atomic E-state index is 12.5. The van der Waals surface area contributed by atoms with Crippen LogP contribution in [0.4, 0.5) is 0 Å². The molecule has 0 N–H and O–H groups in total. The molecule has 0 saturated heterocycles. The predicted octanol–water partition coefficient (Wildman–Crippen LogP) is 9.89. The molecule has 8 rings (SSSR count). The largest absolute Gasteiger partial charge is 2.00 e. The Hall–Kier alpha value is -7.45. The van der Waals surface area contributed by atoms with Gasteiger partial charge in [0.1, 0.15) is 23.0 Å². The molecule has 15 heteroatoms. The molecule has 0 aliphatic heterocycles. The summed E-state index contributed by atoms with van der Waals surface area (Å²) < 4.78 is 67.9. The van der Waals surface area contributed by atoms with Crippen molar-refractivity contribution in [1.82, 2.24) is 0 Å². The number of esters is 4. The van der Waals surface area contributed by atoms with Gasteiger partial charge in [-0.25, -0.2) is 19.2 Å². The summed E-state index contributed by atoms with van der Waals surface area (Å²) in [5.74, 6) is -1.81. The molecular weight excluding hydrogens is 891 g/mol. The number of fused-ring (bicyclic) bond motifs is 2. The van der Waals surface area contributed by atoms with Crippen LogP contribution < -0.4 is 18.9 Å². The van der Waals surface area contributed by atoms with Crippen LogP contribution in [0.2, 0.25) is 0 Å². The molecule has 0 fully saturated rings. The van der Waals surface area contributed by atoms with Crippen molar-refractivity contribution in [3.63, 3.8) is 0 Å². The van der Waals surface area contributed by atoms with Gasteiger partial charge in [-0.05, 0) is 117 Å². The molecule has 316 valence electrons. The topological polar surface area (TPSA) is 173 Å². The zero-order valence-electron chi connectivity index (χ0n) is 32.4. The molecule has 0 saturated carbocycles. The van der Waals surface area contributed by atoms with Gasteiger partial charge in [0.15, 0.2) is 0 Å². The molecule has 0 heterocycles. The van der Waals surface area contributed by atoms with E-state index in [1.165, 1.54) is 36.4 Å². The van der Waals surface area contributed by atoms with Gasteiger partial charge < -0.3 is 35.8 Å². The molecular formula is C48H30NiO12S2. The normalized spacial score (nSPS) is 10.6. The molecule has 0 spiro atoms. The molecule has 0 aliphatic carbocycles. The smallest absolute Gasteiger partial charge is 0.423 e. The van der Waals surface area contributed by atoms with E-state index in [4.69, 9.17) is 18.9 Å². The van der Waals surface area contributed by atoms with E-state index in [-0.39, 0.29) is 49.3 Å². The molecule has 0 amide bonds. The first-order valence-corrected chi connectivity index (χ1v) is 20.6. The van der Waals surface area contributed by atoms with Crippen molar-refractivity contribution in [2.45, 2.75) is 9.79 Å². The average molecular weight is 922 g/mol. The zero-order valence-corrected chi connectivity index (χ0v) is 35.0. The van der Waals surface area contributed by atoms with Gasteiger partial charge in [-0.1, -0.05) is 107 Å². The van der Waals surface area contributed by atoms with Gasteiger partial charge in [-0.3, -0.25) is 0 Å². The average Bonchev–Trinajstić information content (AvgIpc) is 3.30.